The third-order valence-electron chi connectivity index (χ3n) is 3.01. The molecule has 90 valence electrons. The van der Waals surface area contributed by atoms with Crippen LogP contribution < -0.4 is 0 Å². The molecule has 1 unspecified atom stereocenters. The molecule has 3 nitrogen and oxygen atoms in total. The first-order valence-corrected chi connectivity index (χ1v) is 6.95. The van der Waals surface area contributed by atoms with Crippen LogP contribution in [0.3, 0.4) is 0 Å². The first kappa shape index (κ1) is 11.4. The Morgan fingerprint density at radius 1 is 1.47 bits per heavy atom. The summed E-state index contributed by atoms with van der Waals surface area (Å²) in [6.07, 6.45) is 2.17. The highest BCUT2D eigenvalue weighted by Crippen LogP contribution is 2.31. The average Bonchev–Trinajstić information content (AvgIpc) is 2.71. The van der Waals surface area contributed by atoms with Gasteiger partial charge >= 0.3 is 0 Å². The lowest BCUT2D eigenvalue weighted by Crippen LogP contribution is -2.17. The van der Waals surface area contributed by atoms with Crippen LogP contribution in [0.25, 0.3) is 10.2 Å². The lowest BCUT2D eigenvalue weighted by atomic mass is 10.0. The maximum atomic E-state index is 6.21. The smallest absolute Gasteiger partial charge is 0.141 e. The van der Waals surface area contributed by atoms with E-state index in [1.807, 2.05) is 6.07 Å². The molecular formula is C12H13ClN2OS. The molecule has 1 atom stereocenters. The fourth-order valence-corrected chi connectivity index (χ4v) is 3.32. The number of fused-ring (bicyclic) bond motifs is 1. The van der Waals surface area contributed by atoms with E-state index in [4.69, 9.17) is 16.3 Å². The summed E-state index contributed by atoms with van der Waals surface area (Å²) in [5.74, 6) is 1.14. The van der Waals surface area contributed by atoms with Gasteiger partial charge < -0.3 is 4.74 Å². The van der Waals surface area contributed by atoms with Crippen LogP contribution >= 0.6 is 22.9 Å². The second kappa shape index (κ2) is 4.52. The van der Waals surface area contributed by atoms with E-state index in [9.17, 15) is 0 Å². The summed E-state index contributed by atoms with van der Waals surface area (Å²) < 4.78 is 5.47. The summed E-state index contributed by atoms with van der Waals surface area (Å²) in [6.45, 7) is 3.63. The molecule has 0 aliphatic carbocycles. The Morgan fingerprint density at radius 3 is 3.12 bits per heavy atom. The van der Waals surface area contributed by atoms with E-state index in [1.54, 1.807) is 11.3 Å². The van der Waals surface area contributed by atoms with Crippen molar-refractivity contribution in [3.63, 3.8) is 0 Å². The number of aryl methyl sites for hydroxylation is 1. The molecule has 0 saturated carbocycles. The van der Waals surface area contributed by atoms with Gasteiger partial charge in [0.05, 0.1) is 6.61 Å². The normalized spacial score (nSPS) is 20.9. The molecule has 0 amide bonds. The Balaban J connectivity index is 2.04. The number of rotatable bonds is 1. The summed E-state index contributed by atoms with van der Waals surface area (Å²) in [6, 6.07) is 2.05. The molecule has 2 aromatic heterocycles. The van der Waals surface area contributed by atoms with E-state index in [2.05, 4.69) is 16.9 Å². The number of nitrogens with zero attached hydrogens (tertiary/aromatic N) is 2. The first-order chi connectivity index (χ1) is 8.24. The van der Waals surface area contributed by atoms with Crippen LogP contribution in [0.4, 0.5) is 0 Å². The molecule has 0 radical (unpaired) electrons. The fraction of sp³-hybridized carbons (Fsp3) is 0.500. The van der Waals surface area contributed by atoms with Gasteiger partial charge in [0.25, 0.3) is 0 Å². The minimum absolute atomic E-state index is 0.299. The maximum Gasteiger partial charge on any atom is 0.141 e. The van der Waals surface area contributed by atoms with Gasteiger partial charge in [-0.05, 0) is 25.8 Å². The zero-order chi connectivity index (χ0) is 11.8. The molecule has 1 aliphatic rings. The van der Waals surface area contributed by atoms with Crippen molar-refractivity contribution in [1.29, 1.82) is 0 Å². The molecule has 0 aromatic carbocycles. The molecule has 5 heteroatoms. The van der Waals surface area contributed by atoms with Crippen molar-refractivity contribution in [2.45, 2.75) is 25.7 Å². The van der Waals surface area contributed by atoms with Crippen molar-refractivity contribution in [1.82, 2.24) is 9.97 Å². The quantitative estimate of drug-likeness (QED) is 0.742. The Hall–Kier alpha value is -0.710. The monoisotopic (exact) mass is 268 g/mol. The van der Waals surface area contributed by atoms with E-state index in [0.29, 0.717) is 17.7 Å². The third-order valence-corrected chi connectivity index (χ3v) is 4.24. The second-order valence-corrected chi connectivity index (χ2v) is 5.96. The number of hydrogen-bond donors (Lipinski definition) is 0. The van der Waals surface area contributed by atoms with E-state index >= 15 is 0 Å². The van der Waals surface area contributed by atoms with Crippen LogP contribution in [0.1, 0.15) is 29.5 Å². The minimum atomic E-state index is 0.299. The Labute approximate surface area is 109 Å². The molecule has 2 aromatic rings. The van der Waals surface area contributed by atoms with Gasteiger partial charge in [-0.15, -0.1) is 11.3 Å². The fourth-order valence-electron chi connectivity index (χ4n) is 2.15. The van der Waals surface area contributed by atoms with Gasteiger partial charge in [-0.1, -0.05) is 11.6 Å². The predicted octanol–water partition coefficient (Wildman–Crippen LogP) is 3.55. The molecule has 1 fully saturated rings. The number of aromatic nitrogens is 2. The van der Waals surface area contributed by atoms with E-state index in [1.165, 1.54) is 4.88 Å². The molecule has 3 rings (SSSR count). The highest BCUT2D eigenvalue weighted by molar-refractivity contribution is 7.18. The van der Waals surface area contributed by atoms with Crippen molar-refractivity contribution >= 4 is 33.2 Å². The standard InChI is InChI=1S/C12H13ClN2OS/c1-7-5-9-10(13)14-11(15-12(9)17-7)8-3-2-4-16-6-8/h5,8H,2-4,6H2,1H3. The Morgan fingerprint density at radius 2 is 2.35 bits per heavy atom. The molecule has 0 spiro atoms. The van der Waals surface area contributed by atoms with E-state index in [0.717, 1.165) is 35.5 Å². The summed E-state index contributed by atoms with van der Waals surface area (Å²) >= 11 is 7.88. The van der Waals surface area contributed by atoms with Crippen LogP contribution in [0.2, 0.25) is 5.15 Å². The van der Waals surface area contributed by atoms with Crippen molar-refractivity contribution in [2.24, 2.45) is 0 Å². The van der Waals surface area contributed by atoms with Gasteiger partial charge in [-0.2, -0.15) is 0 Å². The predicted molar refractivity (Wildman–Crippen MR) is 70.0 cm³/mol. The largest absolute Gasteiger partial charge is 0.381 e. The maximum absolute atomic E-state index is 6.21. The summed E-state index contributed by atoms with van der Waals surface area (Å²) in [4.78, 5) is 11.2. The molecular weight excluding hydrogens is 256 g/mol. The number of ether oxygens (including phenoxy) is 1. The van der Waals surface area contributed by atoms with Gasteiger partial charge in [0, 0.05) is 22.8 Å². The van der Waals surface area contributed by atoms with Gasteiger partial charge in [-0.25, -0.2) is 9.97 Å². The highest BCUT2D eigenvalue weighted by atomic mass is 35.5. The molecule has 3 heterocycles. The van der Waals surface area contributed by atoms with E-state index in [-0.39, 0.29) is 0 Å². The molecule has 1 saturated heterocycles. The number of thiophene rings is 1. The zero-order valence-corrected chi connectivity index (χ0v) is 11.1. The van der Waals surface area contributed by atoms with Crippen molar-refractivity contribution < 1.29 is 4.74 Å². The Kier molecular flexibility index (Phi) is 3.03. The van der Waals surface area contributed by atoms with Gasteiger partial charge in [0.1, 0.15) is 15.8 Å². The van der Waals surface area contributed by atoms with Gasteiger partial charge in [0.2, 0.25) is 0 Å². The molecule has 0 N–H and O–H groups in total. The lowest BCUT2D eigenvalue weighted by molar-refractivity contribution is 0.0782. The highest BCUT2D eigenvalue weighted by Gasteiger charge is 2.20. The van der Waals surface area contributed by atoms with Crippen LogP contribution in [-0.2, 0) is 4.74 Å². The first-order valence-electron chi connectivity index (χ1n) is 5.75. The molecule has 1 aliphatic heterocycles. The Bertz CT molecular complexity index is 549. The van der Waals surface area contributed by atoms with E-state index < -0.39 is 0 Å². The summed E-state index contributed by atoms with van der Waals surface area (Å²) in [5.41, 5.74) is 0. The average molecular weight is 269 g/mol. The second-order valence-electron chi connectivity index (χ2n) is 4.36. The van der Waals surface area contributed by atoms with Crippen LogP contribution in [-0.4, -0.2) is 23.2 Å². The van der Waals surface area contributed by atoms with Crippen LogP contribution in [0.5, 0.6) is 0 Å². The minimum Gasteiger partial charge on any atom is -0.381 e. The topological polar surface area (TPSA) is 35.0 Å². The summed E-state index contributed by atoms with van der Waals surface area (Å²) in [5, 5.41) is 1.54. The molecule has 0 bridgehead atoms. The van der Waals surface area contributed by atoms with Gasteiger partial charge in [0.15, 0.2) is 0 Å². The van der Waals surface area contributed by atoms with Crippen LogP contribution in [0.15, 0.2) is 6.07 Å². The SMILES string of the molecule is Cc1cc2c(Cl)nc(C3CCCOC3)nc2s1. The molecule has 17 heavy (non-hydrogen) atoms. The number of hydrogen-bond acceptors (Lipinski definition) is 4. The third kappa shape index (κ3) is 2.17. The van der Waals surface area contributed by atoms with Crippen molar-refractivity contribution in [2.75, 3.05) is 13.2 Å². The van der Waals surface area contributed by atoms with Crippen molar-refractivity contribution in [3.8, 4) is 0 Å². The van der Waals surface area contributed by atoms with Gasteiger partial charge in [-0.3, -0.25) is 0 Å². The zero-order valence-electron chi connectivity index (χ0n) is 9.57. The number of halogens is 1. The van der Waals surface area contributed by atoms with Crippen molar-refractivity contribution in [3.05, 3.63) is 21.9 Å². The lowest BCUT2D eigenvalue weighted by Gasteiger charge is -2.20. The van der Waals surface area contributed by atoms with Crippen LogP contribution in [0, 0.1) is 6.92 Å². The summed E-state index contributed by atoms with van der Waals surface area (Å²) in [7, 11) is 0.